The molecule has 78 valence electrons. The van der Waals surface area contributed by atoms with Crippen molar-refractivity contribution in [2.45, 2.75) is 31.6 Å². The number of thiazole rings is 1. The van der Waals surface area contributed by atoms with Gasteiger partial charge in [0.05, 0.1) is 11.3 Å². The maximum Gasteiger partial charge on any atom is 0.278 e. The molecule has 1 fully saturated rings. The molecule has 0 bridgehead atoms. The van der Waals surface area contributed by atoms with Gasteiger partial charge in [0.25, 0.3) is 5.56 Å². The van der Waals surface area contributed by atoms with E-state index in [1.54, 1.807) is 11.3 Å². The Morgan fingerprint density at radius 2 is 2.20 bits per heavy atom. The number of nitrogens with one attached hydrogen (secondary N) is 1. The SMILES string of the molecule is O=c1[nH]cnc2sc(C3CCCC3)nc12. The minimum Gasteiger partial charge on any atom is -0.311 e. The minimum atomic E-state index is -0.125. The Kier molecular flexibility index (Phi) is 2.05. The molecule has 0 saturated heterocycles. The zero-order valence-corrected chi connectivity index (χ0v) is 9.01. The molecule has 2 aromatic rings. The summed E-state index contributed by atoms with van der Waals surface area (Å²) in [5, 5.41) is 1.09. The quantitative estimate of drug-likeness (QED) is 0.801. The lowest BCUT2D eigenvalue weighted by molar-refractivity contribution is 0.718. The molecule has 2 aromatic heterocycles. The topological polar surface area (TPSA) is 58.6 Å². The van der Waals surface area contributed by atoms with Crippen LogP contribution in [0.25, 0.3) is 10.3 Å². The molecule has 0 aliphatic heterocycles. The zero-order chi connectivity index (χ0) is 10.3. The van der Waals surface area contributed by atoms with Crippen molar-refractivity contribution >= 4 is 21.7 Å². The summed E-state index contributed by atoms with van der Waals surface area (Å²) in [4.78, 5) is 23.3. The smallest absolute Gasteiger partial charge is 0.278 e. The number of H-pyrrole nitrogens is 1. The van der Waals surface area contributed by atoms with Crippen LogP contribution in [0.5, 0.6) is 0 Å². The normalized spacial score (nSPS) is 17.6. The number of rotatable bonds is 1. The Balaban J connectivity index is 2.13. The highest BCUT2D eigenvalue weighted by Gasteiger charge is 2.21. The number of aromatic amines is 1. The number of aromatic nitrogens is 3. The third-order valence-electron chi connectivity index (χ3n) is 2.92. The Morgan fingerprint density at radius 3 is 2.93 bits per heavy atom. The minimum absolute atomic E-state index is 0.125. The molecule has 15 heavy (non-hydrogen) atoms. The van der Waals surface area contributed by atoms with E-state index in [0.29, 0.717) is 11.4 Å². The van der Waals surface area contributed by atoms with Gasteiger partial charge >= 0.3 is 0 Å². The van der Waals surface area contributed by atoms with Crippen molar-refractivity contribution < 1.29 is 0 Å². The monoisotopic (exact) mass is 221 g/mol. The lowest BCUT2D eigenvalue weighted by Gasteiger charge is -2.01. The predicted molar refractivity (Wildman–Crippen MR) is 59.2 cm³/mol. The Morgan fingerprint density at radius 1 is 1.40 bits per heavy atom. The van der Waals surface area contributed by atoms with E-state index in [0.717, 1.165) is 9.84 Å². The number of nitrogens with zero attached hydrogens (tertiary/aromatic N) is 2. The van der Waals surface area contributed by atoms with Crippen LogP contribution in [0, 0.1) is 0 Å². The van der Waals surface area contributed by atoms with Crippen molar-refractivity contribution in [3.8, 4) is 0 Å². The van der Waals surface area contributed by atoms with Gasteiger partial charge in [-0.1, -0.05) is 24.2 Å². The fourth-order valence-corrected chi connectivity index (χ4v) is 3.21. The van der Waals surface area contributed by atoms with Crippen LogP contribution in [0.2, 0.25) is 0 Å². The van der Waals surface area contributed by atoms with Gasteiger partial charge in [-0.2, -0.15) is 0 Å². The van der Waals surface area contributed by atoms with Crippen molar-refractivity contribution in [1.82, 2.24) is 15.0 Å². The van der Waals surface area contributed by atoms with Gasteiger partial charge in [0.15, 0.2) is 10.3 Å². The summed E-state index contributed by atoms with van der Waals surface area (Å²) in [7, 11) is 0. The molecule has 0 radical (unpaired) electrons. The molecule has 0 spiro atoms. The highest BCUT2D eigenvalue weighted by atomic mass is 32.1. The average Bonchev–Trinajstić information content (AvgIpc) is 2.86. The van der Waals surface area contributed by atoms with Crippen LogP contribution in [-0.4, -0.2) is 15.0 Å². The van der Waals surface area contributed by atoms with Gasteiger partial charge < -0.3 is 4.98 Å². The average molecular weight is 221 g/mol. The summed E-state index contributed by atoms with van der Waals surface area (Å²) in [6.45, 7) is 0. The van der Waals surface area contributed by atoms with E-state index in [-0.39, 0.29) is 5.56 Å². The third kappa shape index (κ3) is 1.47. The van der Waals surface area contributed by atoms with Crippen molar-refractivity contribution in [2.75, 3.05) is 0 Å². The Hall–Kier alpha value is -1.23. The molecular weight excluding hydrogens is 210 g/mol. The summed E-state index contributed by atoms with van der Waals surface area (Å²) >= 11 is 1.57. The summed E-state index contributed by atoms with van der Waals surface area (Å²) in [5.74, 6) is 0.559. The van der Waals surface area contributed by atoms with Gasteiger partial charge in [-0.05, 0) is 12.8 Å². The molecule has 0 unspecified atom stereocenters. The predicted octanol–water partition coefficient (Wildman–Crippen LogP) is 2.04. The van der Waals surface area contributed by atoms with Crippen molar-refractivity contribution in [1.29, 1.82) is 0 Å². The third-order valence-corrected chi connectivity index (χ3v) is 4.05. The van der Waals surface area contributed by atoms with Crippen LogP contribution in [0.4, 0.5) is 0 Å². The summed E-state index contributed by atoms with van der Waals surface area (Å²) in [6.07, 6.45) is 6.42. The fraction of sp³-hybridized carbons (Fsp3) is 0.500. The van der Waals surface area contributed by atoms with E-state index in [1.165, 1.54) is 32.0 Å². The second-order valence-electron chi connectivity index (χ2n) is 3.92. The number of fused-ring (bicyclic) bond motifs is 1. The van der Waals surface area contributed by atoms with Crippen LogP contribution in [0.3, 0.4) is 0 Å². The van der Waals surface area contributed by atoms with Crippen molar-refractivity contribution in [3.63, 3.8) is 0 Å². The summed E-state index contributed by atoms with van der Waals surface area (Å²) < 4.78 is 0. The maximum absolute atomic E-state index is 11.5. The standard InChI is InChI=1S/C10H11N3OS/c14-8-7-10(12-5-11-8)15-9(13-7)6-3-1-2-4-6/h5-6H,1-4H2,(H,11,12,14). The van der Waals surface area contributed by atoms with E-state index in [2.05, 4.69) is 15.0 Å². The molecule has 0 amide bonds. The molecule has 1 saturated carbocycles. The largest absolute Gasteiger partial charge is 0.311 e. The molecule has 3 rings (SSSR count). The summed E-state index contributed by atoms with van der Waals surface area (Å²) in [5.41, 5.74) is 0.380. The first-order valence-corrected chi connectivity index (χ1v) is 6.00. The van der Waals surface area contributed by atoms with Crippen LogP contribution in [0.1, 0.15) is 36.6 Å². The van der Waals surface area contributed by atoms with Crippen LogP contribution in [-0.2, 0) is 0 Å². The molecule has 1 aliphatic carbocycles. The first-order chi connectivity index (χ1) is 7.34. The molecule has 1 aliphatic rings. The number of hydrogen-bond donors (Lipinski definition) is 1. The number of hydrogen-bond acceptors (Lipinski definition) is 4. The highest BCUT2D eigenvalue weighted by molar-refractivity contribution is 7.18. The van der Waals surface area contributed by atoms with Crippen molar-refractivity contribution in [3.05, 3.63) is 21.7 Å². The molecule has 0 atom stereocenters. The van der Waals surface area contributed by atoms with Crippen LogP contribution in [0.15, 0.2) is 11.1 Å². The highest BCUT2D eigenvalue weighted by Crippen LogP contribution is 2.36. The Bertz CT molecular complexity index is 539. The second kappa shape index (κ2) is 3.41. The fourth-order valence-electron chi connectivity index (χ4n) is 2.13. The van der Waals surface area contributed by atoms with E-state index >= 15 is 0 Å². The molecule has 1 N–H and O–H groups in total. The van der Waals surface area contributed by atoms with E-state index in [9.17, 15) is 4.79 Å². The molecule has 0 aromatic carbocycles. The second-order valence-corrected chi connectivity index (χ2v) is 4.93. The van der Waals surface area contributed by atoms with Gasteiger partial charge in [0.1, 0.15) is 0 Å². The van der Waals surface area contributed by atoms with Crippen LogP contribution >= 0.6 is 11.3 Å². The maximum atomic E-state index is 11.5. The van der Waals surface area contributed by atoms with Gasteiger partial charge in [-0.15, -0.1) is 0 Å². The summed E-state index contributed by atoms with van der Waals surface area (Å²) in [6, 6.07) is 0. The van der Waals surface area contributed by atoms with Gasteiger partial charge in [-0.3, -0.25) is 4.79 Å². The van der Waals surface area contributed by atoms with E-state index in [1.807, 2.05) is 0 Å². The van der Waals surface area contributed by atoms with Crippen molar-refractivity contribution in [2.24, 2.45) is 0 Å². The molecule has 4 nitrogen and oxygen atoms in total. The van der Waals surface area contributed by atoms with E-state index in [4.69, 9.17) is 0 Å². The molecule has 5 heteroatoms. The Labute approximate surface area is 90.4 Å². The first-order valence-electron chi connectivity index (χ1n) is 5.19. The first kappa shape index (κ1) is 9.03. The zero-order valence-electron chi connectivity index (χ0n) is 8.19. The molecule has 2 heterocycles. The van der Waals surface area contributed by atoms with Gasteiger partial charge in [-0.25, -0.2) is 9.97 Å². The molecular formula is C10H11N3OS. The van der Waals surface area contributed by atoms with Gasteiger partial charge in [0, 0.05) is 5.92 Å². The van der Waals surface area contributed by atoms with Gasteiger partial charge in [0.2, 0.25) is 0 Å². The lowest BCUT2D eigenvalue weighted by atomic mass is 10.1. The van der Waals surface area contributed by atoms with Crippen LogP contribution < -0.4 is 5.56 Å². The van der Waals surface area contributed by atoms with E-state index < -0.39 is 0 Å². The lowest BCUT2D eigenvalue weighted by Crippen LogP contribution is -2.05.